The predicted molar refractivity (Wildman–Crippen MR) is 97.5 cm³/mol. The molecule has 0 bridgehead atoms. The minimum absolute atomic E-state index is 0.270. The molecule has 3 heteroatoms. The molecule has 0 aromatic heterocycles. The van der Waals surface area contributed by atoms with Crippen molar-refractivity contribution in [3.63, 3.8) is 0 Å². The molecule has 0 saturated heterocycles. The number of fused-ring (bicyclic) bond motifs is 1. The molecule has 0 saturated carbocycles. The minimum Gasteiger partial charge on any atom is -0.467 e. The minimum atomic E-state index is 0.270. The normalized spacial score (nSPS) is 11.9. The van der Waals surface area contributed by atoms with Crippen LogP contribution in [0, 0.1) is 0 Å². The Hall–Kier alpha value is -1.45. The first-order valence-corrected chi connectivity index (χ1v) is 8.96. The standard InChI is InChI=1S/C19H24O2S/c1-4-5-8-16(13-22-3)19-17-10-7-6-9-15(17)11-12-18(19)21-14-20-2/h6-7,9-13H,4-5,8,14H2,1-3H3/b16-13+. The summed E-state index contributed by atoms with van der Waals surface area (Å²) in [6.07, 6.45) is 5.53. The van der Waals surface area contributed by atoms with Gasteiger partial charge in [-0.2, -0.15) is 0 Å². The molecule has 0 atom stereocenters. The zero-order valence-electron chi connectivity index (χ0n) is 13.6. The van der Waals surface area contributed by atoms with E-state index in [0.717, 1.165) is 12.2 Å². The van der Waals surface area contributed by atoms with Crippen molar-refractivity contribution in [3.8, 4) is 5.75 Å². The fraction of sp³-hybridized carbons (Fsp3) is 0.368. The van der Waals surface area contributed by atoms with Crippen LogP contribution in [0.5, 0.6) is 5.75 Å². The van der Waals surface area contributed by atoms with Gasteiger partial charge in [0, 0.05) is 12.7 Å². The van der Waals surface area contributed by atoms with Crippen molar-refractivity contribution in [2.45, 2.75) is 26.2 Å². The molecule has 0 radical (unpaired) electrons. The highest BCUT2D eigenvalue weighted by Gasteiger charge is 2.13. The van der Waals surface area contributed by atoms with Gasteiger partial charge in [0.25, 0.3) is 0 Å². The number of methoxy groups -OCH3 is 1. The van der Waals surface area contributed by atoms with Gasteiger partial charge >= 0.3 is 0 Å². The van der Waals surface area contributed by atoms with Crippen molar-refractivity contribution in [3.05, 3.63) is 47.4 Å². The van der Waals surface area contributed by atoms with E-state index in [0.29, 0.717) is 0 Å². The molecule has 0 amide bonds. The number of thioether (sulfide) groups is 1. The Labute approximate surface area is 137 Å². The molecule has 2 rings (SSSR count). The van der Waals surface area contributed by atoms with Crippen molar-refractivity contribution in [2.24, 2.45) is 0 Å². The largest absolute Gasteiger partial charge is 0.467 e. The molecular formula is C19H24O2S. The Balaban J connectivity index is 2.56. The van der Waals surface area contributed by atoms with E-state index in [1.165, 1.54) is 34.8 Å². The van der Waals surface area contributed by atoms with Gasteiger partial charge in [-0.25, -0.2) is 0 Å². The van der Waals surface area contributed by atoms with Gasteiger partial charge < -0.3 is 9.47 Å². The molecule has 2 aromatic carbocycles. The second-order valence-electron chi connectivity index (χ2n) is 5.19. The van der Waals surface area contributed by atoms with Crippen LogP contribution in [0.2, 0.25) is 0 Å². The molecule has 0 N–H and O–H groups in total. The van der Waals surface area contributed by atoms with Crippen LogP contribution in [0.25, 0.3) is 16.3 Å². The molecule has 0 aliphatic heterocycles. The molecule has 22 heavy (non-hydrogen) atoms. The van der Waals surface area contributed by atoms with Gasteiger partial charge in [0.15, 0.2) is 6.79 Å². The van der Waals surface area contributed by atoms with Gasteiger partial charge in [-0.15, -0.1) is 11.8 Å². The third-order valence-corrected chi connectivity index (χ3v) is 4.12. The van der Waals surface area contributed by atoms with Gasteiger partial charge in [0.2, 0.25) is 0 Å². The molecule has 118 valence electrons. The van der Waals surface area contributed by atoms with E-state index in [1.54, 1.807) is 18.9 Å². The maximum atomic E-state index is 5.83. The zero-order chi connectivity index (χ0) is 15.8. The molecule has 0 aliphatic carbocycles. The average Bonchev–Trinajstić information content (AvgIpc) is 2.56. The summed E-state index contributed by atoms with van der Waals surface area (Å²) in [5, 5.41) is 4.73. The Bertz CT molecular complexity index is 634. The van der Waals surface area contributed by atoms with E-state index in [2.05, 4.69) is 55.0 Å². The molecule has 0 fully saturated rings. The van der Waals surface area contributed by atoms with E-state index >= 15 is 0 Å². The quantitative estimate of drug-likeness (QED) is 0.581. The molecule has 0 heterocycles. The molecule has 0 spiro atoms. The smallest absolute Gasteiger partial charge is 0.188 e. The Morgan fingerprint density at radius 2 is 2.00 bits per heavy atom. The monoisotopic (exact) mass is 316 g/mol. The lowest BCUT2D eigenvalue weighted by Gasteiger charge is -2.16. The molecular weight excluding hydrogens is 292 g/mol. The van der Waals surface area contributed by atoms with Crippen molar-refractivity contribution < 1.29 is 9.47 Å². The fourth-order valence-corrected chi connectivity index (χ4v) is 3.10. The highest BCUT2D eigenvalue weighted by atomic mass is 32.2. The van der Waals surface area contributed by atoms with Gasteiger partial charge in [-0.3, -0.25) is 0 Å². The van der Waals surface area contributed by atoms with Crippen molar-refractivity contribution in [1.82, 2.24) is 0 Å². The van der Waals surface area contributed by atoms with E-state index in [1.807, 2.05) is 0 Å². The summed E-state index contributed by atoms with van der Waals surface area (Å²) in [6, 6.07) is 12.6. The van der Waals surface area contributed by atoms with Crippen molar-refractivity contribution in [1.29, 1.82) is 0 Å². The Kier molecular flexibility index (Phi) is 6.81. The first kappa shape index (κ1) is 16.9. The van der Waals surface area contributed by atoms with Crippen LogP contribution in [0.4, 0.5) is 0 Å². The first-order valence-electron chi connectivity index (χ1n) is 7.67. The van der Waals surface area contributed by atoms with E-state index in [-0.39, 0.29) is 6.79 Å². The van der Waals surface area contributed by atoms with Crippen LogP contribution in [0.1, 0.15) is 31.7 Å². The highest BCUT2D eigenvalue weighted by molar-refractivity contribution is 8.01. The van der Waals surface area contributed by atoms with Gasteiger partial charge in [-0.05, 0) is 46.9 Å². The van der Waals surface area contributed by atoms with E-state index in [9.17, 15) is 0 Å². The Morgan fingerprint density at radius 1 is 1.18 bits per heavy atom. The van der Waals surface area contributed by atoms with E-state index in [4.69, 9.17) is 9.47 Å². The SMILES string of the molecule is CCCC/C(=C\SC)c1c(OCOC)ccc2ccccc12. The van der Waals surface area contributed by atoms with Gasteiger partial charge in [-0.1, -0.05) is 43.7 Å². The van der Waals surface area contributed by atoms with E-state index < -0.39 is 0 Å². The molecule has 2 nitrogen and oxygen atoms in total. The van der Waals surface area contributed by atoms with Crippen molar-refractivity contribution in [2.75, 3.05) is 20.2 Å². The molecule has 2 aromatic rings. The third-order valence-electron chi connectivity index (χ3n) is 3.60. The van der Waals surface area contributed by atoms with Crippen LogP contribution in [0.15, 0.2) is 41.8 Å². The first-order chi connectivity index (χ1) is 10.8. The highest BCUT2D eigenvalue weighted by Crippen LogP contribution is 2.37. The van der Waals surface area contributed by atoms with Crippen LogP contribution in [-0.2, 0) is 4.74 Å². The van der Waals surface area contributed by atoms with Gasteiger partial charge in [0.1, 0.15) is 5.75 Å². The Morgan fingerprint density at radius 3 is 2.73 bits per heavy atom. The summed E-state index contributed by atoms with van der Waals surface area (Å²) >= 11 is 1.75. The van der Waals surface area contributed by atoms with Gasteiger partial charge in [0.05, 0.1) is 0 Å². The van der Waals surface area contributed by atoms with Crippen LogP contribution >= 0.6 is 11.8 Å². The zero-order valence-corrected chi connectivity index (χ0v) is 14.4. The summed E-state index contributed by atoms with van der Waals surface area (Å²) in [6.45, 7) is 2.49. The molecule has 0 aliphatic rings. The summed E-state index contributed by atoms with van der Waals surface area (Å²) in [4.78, 5) is 0. The maximum absolute atomic E-state index is 5.83. The lowest BCUT2D eigenvalue weighted by molar-refractivity contribution is 0.0510. The number of hydrogen-bond donors (Lipinski definition) is 0. The second kappa shape index (κ2) is 8.86. The van der Waals surface area contributed by atoms with Crippen LogP contribution in [0.3, 0.4) is 0 Å². The predicted octanol–water partition coefficient (Wildman–Crippen LogP) is 5.72. The summed E-state index contributed by atoms with van der Waals surface area (Å²) in [5.74, 6) is 0.900. The van der Waals surface area contributed by atoms with Crippen LogP contribution in [-0.4, -0.2) is 20.2 Å². The number of unbranched alkanes of at least 4 members (excludes halogenated alkanes) is 1. The lowest BCUT2D eigenvalue weighted by Crippen LogP contribution is -2.02. The maximum Gasteiger partial charge on any atom is 0.188 e. The molecule has 0 unspecified atom stereocenters. The number of benzene rings is 2. The number of rotatable bonds is 8. The number of hydrogen-bond acceptors (Lipinski definition) is 3. The summed E-state index contributed by atoms with van der Waals surface area (Å²) < 4.78 is 10.9. The number of allylic oxidation sites excluding steroid dienone is 1. The summed E-state index contributed by atoms with van der Waals surface area (Å²) in [7, 11) is 1.65. The topological polar surface area (TPSA) is 18.5 Å². The van der Waals surface area contributed by atoms with Crippen molar-refractivity contribution >= 4 is 28.1 Å². The second-order valence-corrected chi connectivity index (χ2v) is 5.90. The summed E-state index contributed by atoms with van der Waals surface area (Å²) in [5.41, 5.74) is 2.55. The fourth-order valence-electron chi connectivity index (χ4n) is 2.58. The lowest BCUT2D eigenvalue weighted by atomic mass is 9.95. The third kappa shape index (κ3) is 4.05. The van der Waals surface area contributed by atoms with Crippen LogP contribution < -0.4 is 4.74 Å². The average molecular weight is 316 g/mol. The number of ether oxygens (including phenoxy) is 2.